The largest absolute Gasteiger partial charge is 0.481 e. The molecule has 1 atom stereocenters. The molecule has 1 aromatic heterocycles. The molecule has 0 aliphatic carbocycles. The summed E-state index contributed by atoms with van der Waals surface area (Å²) in [5.41, 5.74) is 3.79. The van der Waals surface area contributed by atoms with Crippen molar-refractivity contribution in [2.45, 2.75) is 26.7 Å². The number of rotatable bonds is 8. The SMILES string of the molecule is CCCC(CNC(=O)c1nnn(-c2ccc(-c3ccccc3)cc2)c1C)C(=O)O. The number of carboxylic acid groups (broad SMARTS) is 1. The molecule has 7 nitrogen and oxygen atoms in total. The van der Waals surface area contributed by atoms with Gasteiger partial charge in [0, 0.05) is 6.54 Å². The van der Waals surface area contributed by atoms with Gasteiger partial charge < -0.3 is 10.4 Å². The summed E-state index contributed by atoms with van der Waals surface area (Å²) in [5, 5.41) is 20.0. The van der Waals surface area contributed by atoms with Crippen molar-refractivity contribution in [2.75, 3.05) is 6.54 Å². The van der Waals surface area contributed by atoms with E-state index in [1.54, 1.807) is 11.6 Å². The van der Waals surface area contributed by atoms with Gasteiger partial charge in [0.2, 0.25) is 0 Å². The summed E-state index contributed by atoms with van der Waals surface area (Å²) in [7, 11) is 0. The lowest BCUT2D eigenvalue weighted by atomic mass is 10.0. The van der Waals surface area contributed by atoms with Crippen LogP contribution in [-0.4, -0.2) is 38.5 Å². The molecule has 0 aliphatic heterocycles. The van der Waals surface area contributed by atoms with Crippen LogP contribution in [-0.2, 0) is 4.79 Å². The monoisotopic (exact) mass is 392 g/mol. The van der Waals surface area contributed by atoms with E-state index in [1.165, 1.54) is 0 Å². The lowest BCUT2D eigenvalue weighted by Crippen LogP contribution is -2.33. The van der Waals surface area contributed by atoms with Crippen LogP contribution < -0.4 is 5.32 Å². The molecule has 1 heterocycles. The number of amides is 1. The van der Waals surface area contributed by atoms with Crippen molar-refractivity contribution < 1.29 is 14.7 Å². The lowest BCUT2D eigenvalue weighted by Gasteiger charge is -2.11. The van der Waals surface area contributed by atoms with Gasteiger partial charge in [0.1, 0.15) is 0 Å². The van der Waals surface area contributed by atoms with Gasteiger partial charge in [-0.2, -0.15) is 0 Å². The third-order valence-electron chi connectivity index (χ3n) is 4.82. The van der Waals surface area contributed by atoms with Gasteiger partial charge in [-0.1, -0.05) is 61.0 Å². The number of aliphatic carboxylic acids is 1. The highest BCUT2D eigenvalue weighted by Gasteiger charge is 2.21. The molecule has 0 aliphatic rings. The number of carbonyl (C=O) groups is 2. The van der Waals surface area contributed by atoms with Crippen LogP contribution in [0.5, 0.6) is 0 Å². The minimum absolute atomic E-state index is 0.0695. The molecule has 0 fully saturated rings. The number of aromatic nitrogens is 3. The third kappa shape index (κ3) is 4.68. The Kier molecular flexibility index (Phi) is 6.39. The van der Waals surface area contributed by atoms with Crippen molar-refractivity contribution >= 4 is 11.9 Å². The topological polar surface area (TPSA) is 97.1 Å². The van der Waals surface area contributed by atoms with E-state index < -0.39 is 17.8 Å². The van der Waals surface area contributed by atoms with Crippen molar-refractivity contribution in [1.82, 2.24) is 20.3 Å². The van der Waals surface area contributed by atoms with Crippen molar-refractivity contribution in [1.29, 1.82) is 0 Å². The summed E-state index contributed by atoms with van der Waals surface area (Å²) in [6.45, 7) is 3.75. The number of carboxylic acids is 1. The number of carbonyl (C=O) groups excluding carboxylic acids is 1. The molecule has 0 spiro atoms. The Morgan fingerprint density at radius 3 is 2.34 bits per heavy atom. The molecule has 150 valence electrons. The maximum atomic E-state index is 12.5. The van der Waals surface area contributed by atoms with Crippen LogP contribution in [0.2, 0.25) is 0 Å². The first kappa shape index (κ1) is 20.3. The zero-order valence-corrected chi connectivity index (χ0v) is 16.5. The molecule has 0 saturated carbocycles. The summed E-state index contributed by atoms with van der Waals surface area (Å²) in [4.78, 5) is 23.7. The van der Waals surface area contributed by atoms with E-state index in [0.717, 1.165) is 23.2 Å². The minimum Gasteiger partial charge on any atom is -0.481 e. The average Bonchev–Trinajstić information content (AvgIpc) is 3.13. The van der Waals surface area contributed by atoms with Gasteiger partial charge in [-0.3, -0.25) is 9.59 Å². The first-order valence-corrected chi connectivity index (χ1v) is 9.60. The maximum absolute atomic E-state index is 12.5. The number of nitrogens with zero attached hydrogens (tertiary/aromatic N) is 3. The van der Waals surface area contributed by atoms with Gasteiger partial charge in [0.05, 0.1) is 17.3 Å². The van der Waals surface area contributed by atoms with Gasteiger partial charge >= 0.3 is 5.97 Å². The maximum Gasteiger partial charge on any atom is 0.308 e. The Morgan fingerprint density at radius 1 is 1.07 bits per heavy atom. The van der Waals surface area contributed by atoms with Crippen molar-refractivity contribution in [3.05, 3.63) is 66.0 Å². The fourth-order valence-corrected chi connectivity index (χ4v) is 3.17. The number of nitrogens with one attached hydrogen (secondary N) is 1. The lowest BCUT2D eigenvalue weighted by molar-refractivity contribution is -0.141. The fraction of sp³-hybridized carbons (Fsp3) is 0.273. The van der Waals surface area contributed by atoms with Crippen LogP contribution >= 0.6 is 0 Å². The molecule has 2 aromatic carbocycles. The summed E-state index contributed by atoms with van der Waals surface area (Å²) in [6, 6.07) is 17.9. The smallest absolute Gasteiger partial charge is 0.308 e. The molecule has 3 aromatic rings. The van der Waals surface area contributed by atoms with Crippen molar-refractivity contribution in [3.63, 3.8) is 0 Å². The summed E-state index contributed by atoms with van der Waals surface area (Å²) in [5.74, 6) is -1.94. The Bertz CT molecular complexity index is 981. The molecule has 0 saturated heterocycles. The second-order valence-electron chi connectivity index (χ2n) is 6.88. The molecular formula is C22H24N4O3. The molecule has 29 heavy (non-hydrogen) atoms. The highest BCUT2D eigenvalue weighted by molar-refractivity contribution is 5.93. The van der Waals surface area contributed by atoms with E-state index in [-0.39, 0.29) is 12.2 Å². The summed E-state index contributed by atoms with van der Waals surface area (Å²) >= 11 is 0. The standard InChI is InChI=1S/C22H24N4O3/c1-3-7-18(22(28)29)14-23-21(27)20-15(2)26(25-24-20)19-12-10-17(11-13-19)16-8-5-4-6-9-16/h4-6,8-13,18H,3,7,14H2,1-2H3,(H,23,27)(H,28,29). The predicted molar refractivity (Wildman–Crippen MR) is 110 cm³/mol. The predicted octanol–water partition coefficient (Wildman–Crippen LogP) is 3.47. The van der Waals surface area contributed by atoms with E-state index in [0.29, 0.717) is 12.1 Å². The van der Waals surface area contributed by atoms with E-state index in [4.69, 9.17) is 0 Å². The van der Waals surface area contributed by atoms with Crippen LogP contribution in [0, 0.1) is 12.8 Å². The highest BCUT2D eigenvalue weighted by Crippen LogP contribution is 2.21. The Balaban J connectivity index is 1.73. The zero-order valence-electron chi connectivity index (χ0n) is 16.5. The number of benzene rings is 2. The van der Waals surface area contributed by atoms with E-state index in [9.17, 15) is 14.7 Å². The summed E-state index contributed by atoms with van der Waals surface area (Å²) < 4.78 is 1.60. The van der Waals surface area contributed by atoms with E-state index in [2.05, 4.69) is 15.6 Å². The minimum atomic E-state index is -0.911. The van der Waals surface area contributed by atoms with Crippen LogP contribution in [0.3, 0.4) is 0 Å². The van der Waals surface area contributed by atoms with Gasteiger partial charge in [-0.05, 0) is 36.6 Å². The van der Waals surface area contributed by atoms with Crippen molar-refractivity contribution in [3.8, 4) is 16.8 Å². The fourth-order valence-electron chi connectivity index (χ4n) is 3.17. The third-order valence-corrected chi connectivity index (χ3v) is 4.82. The molecule has 0 bridgehead atoms. The van der Waals surface area contributed by atoms with Crippen LogP contribution in [0.1, 0.15) is 35.9 Å². The zero-order chi connectivity index (χ0) is 20.8. The average molecular weight is 392 g/mol. The highest BCUT2D eigenvalue weighted by atomic mass is 16.4. The van der Waals surface area contributed by atoms with Crippen LogP contribution in [0.15, 0.2) is 54.6 Å². The van der Waals surface area contributed by atoms with Gasteiger partial charge in [0.15, 0.2) is 5.69 Å². The molecule has 1 amide bonds. The molecule has 2 N–H and O–H groups in total. The van der Waals surface area contributed by atoms with Gasteiger partial charge in [0.25, 0.3) is 5.91 Å². The van der Waals surface area contributed by atoms with Crippen LogP contribution in [0.4, 0.5) is 0 Å². The van der Waals surface area contributed by atoms with Crippen molar-refractivity contribution in [2.24, 2.45) is 5.92 Å². The first-order valence-electron chi connectivity index (χ1n) is 9.60. The number of hydrogen-bond donors (Lipinski definition) is 2. The molecule has 1 unspecified atom stereocenters. The molecule has 0 radical (unpaired) electrons. The van der Waals surface area contributed by atoms with Gasteiger partial charge in [-0.15, -0.1) is 5.10 Å². The summed E-state index contributed by atoms with van der Waals surface area (Å²) in [6.07, 6.45) is 1.25. The second kappa shape index (κ2) is 9.14. The molecule has 7 heteroatoms. The van der Waals surface area contributed by atoms with E-state index >= 15 is 0 Å². The second-order valence-corrected chi connectivity index (χ2v) is 6.88. The van der Waals surface area contributed by atoms with Crippen LogP contribution in [0.25, 0.3) is 16.8 Å². The van der Waals surface area contributed by atoms with Gasteiger partial charge in [-0.25, -0.2) is 4.68 Å². The quantitative estimate of drug-likeness (QED) is 0.612. The Morgan fingerprint density at radius 2 is 1.72 bits per heavy atom. The Labute approximate surface area is 169 Å². The Hall–Kier alpha value is -3.48. The first-order chi connectivity index (χ1) is 14.0. The molecular weight excluding hydrogens is 368 g/mol. The normalized spacial score (nSPS) is 11.8. The van der Waals surface area contributed by atoms with E-state index in [1.807, 2.05) is 61.5 Å². The number of hydrogen-bond acceptors (Lipinski definition) is 4. The molecule has 3 rings (SSSR count).